The molecule has 21 heavy (non-hydrogen) atoms. The van der Waals surface area contributed by atoms with Crippen LogP contribution < -0.4 is 0 Å². The van der Waals surface area contributed by atoms with E-state index < -0.39 is 11.6 Å². The Labute approximate surface area is 119 Å². The van der Waals surface area contributed by atoms with E-state index in [9.17, 15) is 8.78 Å². The van der Waals surface area contributed by atoms with E-state index in [2.05, 4.69) is 21.8 Å². The highest BCUT2D eigenvalue weighted by atomic mass is 19.1. The molecule has 0 N–H and O–H groups in total. The van der Waals surface area contributed by atoms with Crippen LogP contribution in [0.5, 0.6) is 0 Å². The lowest BCUT2D eigenvalue weighted by Crippen LogP contribution is -1.84. The number of benzene rings is 1. The van der Waals surface area contributed by atoms with E-state index >= 15 is 0 Å². The molecule has 0 spiro atoms. The van der Waals surface area contributed by atoms with E-state index in [4.69, 9.17) is 4.42 Å². The van der Waals surface area contributed by atoms with Crippen molar-refractivity contribution < 1.29 is 13.2 Å². The number of hydrogen-bond acceptors (Lipinski definition) is 3. The molecule has 3 aromatic rings. The van der Waals surface area contributed by atoms with Crippen LogP contribution >= 0.6 is 0 Å². The zero-order chi connectivity index (χ0) is 14.7. The van der Waals surface area contributed by atoms with Gasteiger partial charge in [0.2, 0.25) is 0 Å². The van der Waals surface area contributed by atoms with Crippen LogP contribution in [0.2, 0.25) is 0 Å². The summed E-state index contributed by atoms with van der Waals surface area (Å²) in [5.74, 6) is 4.87. The summed E-state index contributed by atoms with van der Waals surface area (Å²) >= 11 is 0. The normalized spacial score (nSPS) is 10.4. The maximum absolute atomic E-state index is 13.5. The lowest BCUT2D eigenvalue weighted by Gasteiger charge is -1.89. The highest BCUT2D eigenvalue weighted by molar-refractivity contribution is 5.73. The summed E-state index contributed by atoms with van der Waals surface area (Å²) in [6.45, 7) is 0. The van der Waals surface area contributed by atoms with Gasteiger partial charge in [-0.05, 0) is 30.2 Å². The average Bonchev–Trinajstić information content (AvgIpc) is 2.94. The summed E-state index contributed by atoms with van der Waals surface area (Å²) < 4.78 is 32.1. The number of aromatic nitrogens is 2. The van der Waals surface area contributed by atoms with Crippen molar-refractivity contribution in [2.45, 2.75) is 12.8 Å². The highest BCUT2D eigenvalue weighted by Gasteiger charge is 2.13. The maximum atomic E-state index is 13.5. The minimum Gasteiger partial charge on any atom is -0.437 e. The molecule has 0 aliphatic carbocycles. The van der Waals surface area contributed by atoms with Crippen molar-refractivity contribution in [1.82, 2.24) is 9.97 Å². The van der Waals surface area contributed by atoms with E-state index in [-0.39, 0.29) is 17.0 Å². The van der Waals surface area contributed by atoms with Crippen LogP contribution in [0.3, 0.4) is 0 Å². The lowest BCUT2D eigenvalue weighted by atomic mass is 10.3. The molecule has 0 bridgehead atoms. The molecule has 0 atom stereocenters. The highest BCUT2D eigenvalue weighted by Crippen LogP contribution is 2.22. The number of rotatable bonds is 2. The van der Waals surface area contributed by atoms with Gasteiger partial charge in [0.1, 0.15) is 11.2 Å². The van der Waals surface area contributed by atoms with Gasteiger partial charge < -0.3 is 4.42 Å². The molecule has 0 aliphatic rings. The molecule has 0 aliphatic heterocycles. The first-order chi connectivity index (χ1) is 10.2. The molecule has 2 heterocycles. The van der Waals surface area contributed by atoms with Crippen LogP contribution in [0.4, 0.5) is 8.78 Å². The Morgan fingerprint density at radius 2 is 1.95 bits per heavy atom. The SMILES string of the molecule is Fc1ccc(F)c2oc(CCC#Cc3ccccn3)nc12. The third kappa shape index (κ3) is 2.90. The Bertz CT molecular complexity index is 793. The molecule has 104 valence electrons. The number of fused-ring (bicyclic) bond motifs is 1. The fraction of sp³-hybridized carbons (Fsp3) is 0.125. The Kier molecular flexibility index (Phi) is 3.61. The largest absolute Gasteiger partial charge is 0.437 e. The summed E-state index contributed by atoms with van der Waals surface area (Å²) in [4.78, 5) is 8.02. The monoisotopic (exact) mass is 284 g/mol. The molecular weight excluding hydrogens is 274 g/mol. The Morgan fingerprint density at radius 3 is 2.71 bits per heavy atom. The van der Waals surface area contributed by atoms with Crippen LogP contribution in [-0.2, 0) is 6.42 Å². The van der Waals surface area contributed by atoms with Gasteiger partial charge in [0.05, 0.1) is 0 Å². The van der Waals surface area contributed by atoms with E-state index in [1.165, 1.54) is 0 Å². The number of oxazole rings is 1. The first-order valence-electron chi connectivity index (χ1n) is 6.37. The van der Waals surface area contributed by atoms with Gasteiger partial charge in [-0.25, -0.2) is 18.7 Å². The van der Waals surface area contributed by atoms with Crippen LogP contribution in [0, 0.1) is 23.5 Å². The van der Waals surface area contributed by atoms with E-state index in [0.29, 0.717) is 18.5 Å². The van der Waals surface area contributed by atoms with Crippen molar-refractivity contribution in [3.05, 3.63) is 59.7 Å². The molecular formula is C16H10F2N2O. The van der Waals surface area contributed by atoms with Crippen molar-refractivity contribution >= 4 is 11.1 Å². The van der Waals surface area contributed by atoms with E-state index in [1.807, 2.05) is 12.1 Å². The predicted octanol–water partition coefficient (Wildman–Crippen LogP) is 3.49. The van der Waals surface area contributed by atoms with Gasteiger partial charge in [0, 0.05) is 19.0 Å². The van der Waals surface area contributed by atoms with Crippen LogP contribution in [-0.4, -0.2) is 9.97 Å². The van der Waals surface area contributed by atoms with Gasteiger partial charge in [0.15, 0.2) is 23.1 Å². The lowest BCUT2D eigenvalue weighted by molar-refractivity contribution is 0.506. The maximum Gasteiger partial charge on any atom is 0.196 e. The number of aryl methyl sites for hydroxylation is 1. The second kappa shape index (κ2) is 5.71. The van der Waals surface area contributed by atoms with Crippen LogP contribution in [0.15, 0.2) is 40.9 Å². The Morgan fingerprint density at radius 1 is 1.10 bits per heavy atom. The predicted molar refractivity (Wildman–Crippen MR) is 73.4 cm³/mol. The smallest absolute Gasteiger partial charge is 0.196 e. The third-order valence-corrected chi connectivity index (χ3v) is 2.84. The van der Waals surface area contributed by atoms with Crippen molar-refractivity contribution in [3.63, 3.8) is 0 Å². The second-order valence-electron chi connectivity index (χ2n) is 4.33. The number of halogens is 2. The topological polar surface area (TPSA) is 38.9 Å². The molecule has 1 aromatic carbocycles. The first kappa shape index (κ1) is 13.3. The van der Waals surface area contributed by atoms with Crippen LogP contribution in [0.1, 0.15) is 18.0 Å². The standard InChI is InChI=1S/C16H10F2N2O/c17-12-8-9-13(18)16-15(12)20-14(21-16)7-2-1-5-11-6-3-4-10-19-11/h3-4,6,8-10H,2,7H2. The Balaban J connectivity index is 1.73. The molecule has 5 heteroatoms. The Hall–Kier alpha value is -2.74. The molecule has 0 saturated carbocycles. The van der Waals surface area contributed by atoms with Crippen molar-refractivity contribution in [3.8, 4) is 11.8 Å². The summed E-state index contributed by atoms with van der Waals surface area (Å²) in [6.07, 6.45) is 2.51. The first-order valence-corrected chi connectivity index (χ1v) is 6.37. The molecule has 3 rings (SSSR count). The minimum absolute atomic E-state index is 0.0808. The average molecular weight is 284 g/mol. The van der Waals surface area contributed by atoms with E-state index in [0.717, 1.165) is 12.1 Å². The zero-order valence-corrected chi connectivity index (χ0v) is 10.9. The van der Waals surface area contributed by atoms with Gasteiger partial charge in [0.25, 0.3) is 0 Å². The van der Waals surface area contributed by atoms with Crippen molar-refractivity contribution in [2.75, 3.05) is 0 Å². The summed E-state index contributed by atoms with van der Waals surface area (Å²) in [5, 5.41) is 0. The molecule has 0 radical (unpaired) electrons. The molecule has 0 amide bonds. The summed E-state index contributed by atoms with van der Waals surface area (Å²) in [6, 6.07) is 7.52. The number of hydrogen-bond donors (Lipinski definition) is 0. The van der Waals surface area contributed by atoms with Gasteiger partial charge in [-0.3, -0.25) is 0 Å². The van der Waals surface area contributed by atoms with Gasteiger partial charge in [-0.2, -0.15) is 0 Å². The van der Waals surface area contributed by atoms with Gasteiger partial charge in [-0.1, -0.05) is 12.0 Å². The number of nitrogens with zero attached hydrogens (tertiary/aromatic N) is 2. The van der Waals surface area contributed by atoms with Gasteiger partial charge >= 0.3 is 0 Å². The zero-order valence-electron chi connectivity index (χ0n) is 10.9. The fourth-order valence-corrected chi connectivity index (χ4v) is 1.86. The molecule has 2 aromatic heterocycles. The third-order valence-electron chi connectivity index (χ3n) is 2.84. The molecule has 0 saturated heterocycles. The van der Waals surface area contributed by atoms with Crippen molar-refractivity contribution in [2.24, 2.45) is 0 Å². The molecule has 0 fully saturated rings. The van der Waals surface area contributed by atoms with E-state index in [1.54, 1.807) is 12.3 Å². The van der Waals surface area contributed by atoms with Crippen LogP contribution in [0.25, 0.3) is 11.1 Å². The molecule has 3 nitrogen and oxygen atoms in total. The summed E-state index contributed by atoms with van der Waals surface area (Å²) in [7, 11) is 0. The fourth-order valence-electron chi connectivity index (χ4n) is 1.86. The molecule has 0 unspecified atom stereocenters. The second-order valence-corrected chi connectivity index (χ2v) is 4.33. The van der Waals surface area contributed by atoms with Gasteiger partial charge in [-0.15, -0.1) is 0 Å². The number of pyridine rings is 1. The van der Waals surface area contributed by atoms with Crippen molar-refractivity contribution in [1.29, 1.82) is 0 Å². The summed E-state index contributed by atoms with van der Waals surface area (Å²) in [5.41, 5.74) is 0.442. The quantitative estimate of drug-likeness (QED) is 0.676. The minimum atomic E-state index is -0.621.